The van der Waals surface area contributed by atoms with Gasteiger partial charge in [-0.1, -0.05) is 28.1 Å². The van der Waals surface area contributed by atoms with Crippen molar-refractivity contribution in [1.82, 2.24) is 5.43 Å². The van der Waals surface area contributed by atoms with Crippen LogP contribution in [0, 0.1) is 0 Å². The highest BCUT2D eigenvalue weighted by Crippen LogP contribution is 2.24. The minimum atomic E-state index is -0.342. The number of carbonyl (C=O) groups excluding carboxylic acids is 1. The second-order valence-corrected chi connectivity index (χ2v) is 6.20. The fourth-order valence-corrected chi connectivity index (χ4v) is 2.34. The van der Waals surface area contributed by atoms with Crippen molar-refractivity contribution < 1.29 is 14.3 Å². The fourth-order valence-electron chi connectivity index (χ4n) is 1.98. The van der Waals surface area contributed by atoms with E-state index in [2.05, 4.69) is 26.5 Å². The molecule has 2 aromatic rings. The van der Waals surface area contributed by atoms with Crippen molar-refractivity contribution in [1.29, 1.82) is 0 Å². The summed E-state index contributed by atoms with van der Waals surface area (Å²) in [5, 5.41) is 3.99. The molecule has 0 aliphatic rings. The molecule has 0 aliphatic carbocycles. The molecule has 5 nitrogen and oxygen atoms in total. The Morgan fingerprint density at radius 3 is 2.75 bits per heavy atom. The zero-order chi connectivity index (χ0) is 17.5. The topological polar surface area (TPSA) is 59.9 Å². The van der Waals surface area contributed by atoms with Crippen LogP contribution < -0.4 is 14.9 Å². The number of benzene rings is 2. The van der Waals surface area contributed by atoms with Crippen LogP contribution >= 0.6 is 15.9 Å². The van der Waals surface area contributed by atoms with Crippen molar-refractivity contribution in [3.05, 3.63) is 58.1 Å². The van der Waals surface area contributed by atoms with E-state index >= 15 is 0 Å². The van der Waals surface area contributed by atoms with Crippen LogP contribution in [0.5, 0.6) is 11.5 Å². The summed E-state index contributed by atoms with van der Waals surface area (Å²) in [5.41, 5.74) is 3.75. The number of methoxy groups -OCH3 is 1. The SMILES string of the molecule is COc1cccc(/C=N/NC(=O)c2cc(Br)ccc2OC(C)C)c1. The van der Waals surface area contributed by atoms with Gasteiger partial charge >= 0.3 is 0 Å². The van der Waals surface area contributed by atoms with Crippen molar-refractivity contribution in [3.8, 4) is 11.5 Å². The summed E-state index contributed by atoms with van der Waals surface area (Å²) in [6.07, 6.45) is 1.53. The van der Waals surface area contributed by atoms with Gasteiger partial charge in [0, 0.05) is 4.47 Å². The maximum atomic E-state index is 12.4. The van der Waals surface area contributed by atoms with E-state index in [1.165, 1.54) is 0 Å². The monoisotopic (exact) mass is 390 g/mol. The van der Waals surface area contributed by atoms with Crippen LogP contribution in [0.3, 0.4) is 0 Å². The first-order valence-electron chi connectivity index (χ1n) is 7.43. The number of nitrogens with one attached hydrogen (secondary N) is 1. The molecule has 2 rings (SSSR count). The Labute approximate surface area is 149 Å². The molecular weight excluding hydrogens is 372 g/mol. The van der Waals surface area contributed by atoms with Crippen LogP contribution in [0.2, 0.25) is 0 Å². The predicted octanol–water partition coefficient (Wildman–Crippen LogP) is 4.01. The molecule has 0 unspecified atom stereocenters. The maximum Gasteiger partial charge on any atom is 0.275 e. The van der Waals surface area contributed by atoms with E-state index in [4.69, 9.17) is 9.47 Å². The summed E-state index contributed by atoms with van der Waals surface area (Å²) in [6, 6.07) is 12.7. The van der Waals surface area contributed by atoms with Gasteiger partial charge in [-0.05, 0) is 49.7 Å². The zero-order valence-corrected chi connectivity index (χ0v) is 15.3. The highest BCUT2D eigenvalue weighted by molar-refractivity contribution is 9.10. The number of hydrogen-bond acceptors (Lipinski definition) is 4. The molecule has 6 heteroatoms. The lowest BCUT2D eigenvalue weighted by Crippen LogP contribution is -2.20. The molecule has 1 amide bonds. The van der Waals surface area contributed by atoms with Gasteiger partial charge in [0.2, 0.25) is 0 Å². The molecule has 0 aromatic heterocycles. The number of hydrogen-bond donors (Lipinski definition) is 1. The quantitative estimate of drug-likeness (QED) is 0.598. The van der Waals surface area contributed by atoms with Gasteiger partial charge in [-0.3, -0.25) is 4.79 Å². The van der Waals surface area contributed by atoms with E-state index in [0.717, 1.165) is 15.8 Å². The average molecular weight is 391 g/mol. The van der Waals surface area contributed by atoms with Gasteiger partial charge in [0.15, 0.2) is 0 Å². The molecule has 0 radical (unpaired) electrons. The van der Waals surface area contributed by atoms with E-state index in [-0.39, 0.29) is 12.0 Å². The first kappa shape index (κ1) is 18.0. The fraction of sp³-hybridized carbons (Fsp3) is 0.222. The minimum Gasteiger partial charge on any atom is -0.497 e. The predicted molar refractivity (Wildman–Crippen MR) is 98.0 cm³/mol. The third-order valence-corrected chi connectivity index (χ3v) is 3.52. The molecule has 126 valence electrons. The minimum absolute atomic E-state index is 0.0296. The summed E-state index contributed by atoms with van der Waals surface area (Å²) in [6.45, 7) is 3.81. The van der Waals surface area contributed by atoms with Gasteiger partial charge in [0.25, 0.3) is 5.91 Å². The van der Waals surface area contributed by atoms with Gasteiger partial charge in [-0.2, -0.15) is 5.10 Å². The second kappa shape index (κ2) is 8.49. The summed E-state index contributed by atoms with van der Waals surface area (Å²) in [4.78, 5) is 12.4. The first-order valence-corrected chi connectivity index (χ1v) is 8.22. The number of nitrogens with zero attached hydrogens (tertiary/aromatic N) is 1. The molecule has 24 heavy (non-hydrogen) atoms. The van der Waals surface area contributed by atoms with Crippen LogP contribution in [0.1, 0.15) is 29.8 Å². The standard InChI is InChI=1S/C18H19BrN2O3/c1-12(2)24-17-8-7-14(19)10-16(17)18(22)21-20-11-13-5-4-6-15(9-13)23-3/h4-12H,1-3H3,(H,21,22)/b20-11+. The molecular formula is C18H19BrN2O3. The molecule has 0 heterocycles. The molecule has 0 atom stereocenters. The lowest BCUT2D eigenvalue weighted by Gasteiger charge is -2.13. The van der Waals surface area contributed by atoms with Gasteiger partial charge in [-0.15, -0.1) is 0 Å². The Bertz CT molecular complexity index is 745. The highest BCUT2D eigenvalue weighted by atomic mass is 79.9. The Hall–Kier alpha value is -2.34. The van der Waals surface area contributed by atoms with E-state index in [1.807, 2.05) is 44.2 Å². The van der Waals surface area contributed by atoms with Gasteiger partial charge < -0.3 is 9.47 Å². The summed E-state index contributed by atoms with van der Waals surface area (Å²) in [5.74, 6) is 0.901. The Kier molecular flexibility index (Phi) is 6.37. The van der Waals surface area contributed by atoms with Crippen molar-refractivity contribution in [2.75, 3.05) is 7.11 Å². The van der Waals surface area contributed by atoms with E-state index in [0.29, 0.717) is 11.3 Å². The van der Waals surface area contributed by atoms with E-state index < -0.39 is 0 Å². The number of carbonyl (C=O) groups is 1. The normalized spacial score (nSPS) is 10.9. The van der Waals surface area contributed by atoms with Crippen LogP contribution in [-0.2, 0) is 0 Å². The lowest BCUT2D eigenvalue weighted by molar-refractivity contribution is 0.0949. The molecule has 0 fully saturated rings. The van der Waals surface area contributed by atoms with Gasteiger partial charge in [-0.25, -0.2) is 5.43 Å². The van der Waals surface area contributed by atoms with Crippen molar-refractivity contribution in [2.45, 2.75) is 20.0 Å². The van der Waals surface area contributed by atoms with E-state index in [1.54, 1.807) is 25.5 Å². The largest absolute Gasteiger partial charge is 0.497 e. The lowest BCUT2D eigenvalue weighted by atomic mass is 10.2. The number of rotatable bonds is 6. The van der Waals surface area contributed by atoms with Gasteiger partial charge in [0.05, 0.1) is 25.0 Å². The molecule has 2 aromatic carbocycles. The molecule has 0 aliphatic heterocycles. The maximum absolute atomic E-state index is 12.4. The average Bonchev–Trinajstić information content (AvgIpc) is 2.56. The highest BCUT2D eigenvalue weighted by Gasteiger charge is 2.13. The number of hydrazone groups is 1. The second-order valence-electron chi connectivity index (χ2n) is 5.28. The van der Waals surface area contributed by atoms with Crippen LogP contribution in [0.4, 0.5) is 0 Å². The number of halogens is 1. The third kappa shape index (κ3) is 5.09. The van der Waals surface area contributed by atoms with Crippen LogP contribution in [-0.4, -0.2) is 25.3 Å². The molecule has 1 N–H and O–H groups in total. The van der Waals surface area contributed by atoms with Crippen LogP contribution in [0.15, 0.2) is 52.0 Å². The molecule has 0 spiro atoms. The summed E-state index contributed by atoms with van der Waals surface area (Å²) >= 11 is 3.36. The Morgan fingerprint density at radius 1 is 1.25 bits per heavy atom. The summed E-state index contributed by atoms with van der Waals surface area (Å²) < 4.78 is 11.6. The number of amides is 1. The Morgan fingerprint density at radius 2 is 2.04 bits per heavy atom. The number of ether oxygens (including phenoxy) is 2. The van der Waals surface area contributed by atoms with Crippen molar-refractivity contribution in [2.24, 2.45) is 5.10 Å². The zero-order valence-electron chi connectivity index (χ0n) is 13.7. The van der Waals surface area contributed by atoms with Crippen LogP contribution in [0.25, 0.3) is 0 Å². The molecule has 0 bridgehead atoms. The van der Waals surface area contributed by atoms with Crippen molar-refractivity contribution in [3.63, 3.8) is 0 Å². The third-order valence-electron chi connectivity index (χ3n) is 3.02. The summed E-state index contributed by atoms with van der Waals surface area (Å²) in [7, 11) is 1.60. The van der Waals surface area contributed by atoms with E-state index in [9.17, 15) is 4.79 Å². The Balaban J connectivity index is 2.11. The van der Waals surface area contributed by atoms with Gasteiger partial charge in [0.1, 0.15) is 11.5 Å². The smallest absolute Gasteiger partial charge is 0.275 e. The first-order chi connectivity index (χ1) is 11.5. The molecule has 0 saturated heterocycles. The van der Waals surface area contributed by atoms with Crippen molar-refractivity contribution >= 4 is 28.1 Å². The molecule has 0 saturated carbocycles.